The van der Waals surface area contributed by atoms with E-state index in [-0.39, 0.29) is 5.57 Å². The van der Waals surface area contributed by atoms with Crippen molar-refractivity contribution in [3.05, 3.63) is 66.7 Å². The van der Waals surface area contributed by atoms with Crippen LogP contribution in [0.15, 0.2) is 66.7 Å². The van der Waals surface area contributed by atoms with Crippen molar-refractivity contribution in [1.29, 1.82) is 0 Å². The summed E-state index contributed by atoms with van der Waals surface area (Å²) in [7, 11) is 0. The Labute approximate surface area is 122 Å². The predicted molar refractivity (Wildman–Crippen MR) is 85.6 cm³/mol. The van der Waals surface area contributed by atoms with Crippen LogP contribution < -0.4 is 0 Å². The quantitative estimate of drug-likeness (QED) is 0.515. The first-order valence-corrected chi connectivity index (χ1v) is 6.48. The van der Waals surface area contributed by atoms with Gasteiger partial charge in [0.25, 0.3) is 0 Å². The molecule has 0 bridgehead atoms. The fourth-order valence-electron chi connectivity index (χ4n) is 1.95. The van der Waals surface area contributed by atoms with Crippen LogP contribution in [0, 0.1) is 0 Å². The van der Waals surface area contributed by atoms with Gasteiger partial charge >= 0.3 is 5.97 Å². The third-order valence-electron chi connectivity index (χ3n) is 3.09. The first kappa shape index (κ1) is 14.6. The molecule has 3 heteroatoms. The zero-order valence-corrected chi connectivity index (χ0v) is 11.7. The maximum Gasteiger partial charge on any atom is 0.330 e. The predicted octanol–water partition coefficient (Wildman–Crippen LogP) is 4.35. The van der Waals surface area contributed by atoms with E-state index in [1.807, 2.05) is 30.3 Å². The molecule has 3 nitrogen and oxygen atoms in total. The molecule has 0 unspecified atom stereocenters. The van der Waals surface area contributed by atoms with Crippen LogP contribution in [0.25, 0.3) is 21.5 Å². The number of rotatable bonds is 1. The summed E-state index contributed by atoms with van der Waals surface area (Å²) in [6, 6.07) is 17.9. The Bertz CT molecular complexity index is 807. The molecule has 0 aliphatic rings. The lowest BCUT2D eigenvalue weighted by Gasteiger charge is -2.03. The van der Waals surface area contributed by atoms with Crippen LogP contribution in [0.1, 0.15) is 6.92 Å². The van der Waals surface area contributed by atoms with Crippen molar-refractivity contribution in [3.63, 3.8) is 0 Å². The molecule has 0 aromatic heterocycles. The fourth-order valence-corrected chi connectivity index (χ4v) is 1.95. The van der Waals surface area contributed by atoms with E-state index in [1.165, 1.54) is 12.3 Å². The number of carbonyl (C=O) groups is 1. The summed E-state index contributed by atoms with van der Waals surface area (Å²) >= 11 is 0. The minimum atomic E-state index is -0.935. The van der Waals surface area contributed by atoms with Crippen LogP contribution in [0.5, 0.6) is 5.75 Å². The van der Waals surface area contributed by atoms with E-state index in [1.54, 1.807) is 6.07 Å². The van der Waals surface area contributed by atoms with E-state index in [2.05, 4.69) is 24.8 Å². The lowest BCUT2D eigenvalue weighted by molar-refractivity contribution is -0.132. The van der Waals surface area contributed by atoms with Crippen LogP contribution in [-0.4, -0.2) is 16.2 Å². The van der Waals surface area contributed by atoms with E-state index in [0.717, 1.165) is 16.2 Å². The second kappa shape index (κ2) is 6.09. The number of benzene rings is 3. The first-order valence-electron chi connectivity index (χ1n) is 6.48. The van der Waals surface area contributed by atoms with Gasteiger partial charge in [-0.05, 0) is 41.3 Å². The number of carboxylic acid groups (broad SMARTS) is 1. The van der Waals surface area contributed by atoms with Gasteiger partial charge in [-0.1, -0.05) is 43.0 Å². The number of hydrogen-bond acceptors (Lipinski definition) is 2. The number of phenolic OH excluding ortho intramolecular Hbond substituents is 1. The topological polar surface area (TPSA) is 57.5 Å². The highest BCUT2D eigenvalue weighted by molar-refractivity contribution is 6.00. The van der Waals surface area contributed by atoms with Crippen LogP contribution in [0.4, 0.5) is 0 Å². The molecule has 3 aromatic rings. The molecule has 21 heavy (non-hydrogen) atoms. The van der Waals surface area contributed by atoms with Crippen molar-refractivity contribution in [2.45, 2.75) is 6.92 Å². The van der Waals surface area contributed by atoms with Gasteiger partial charge < -0.3 is 10.2 Å². The first-order chi connectivity index (χ1) is 9.99. The van der Waals surface area contributed by atoms with Gasteiger partial charge in [0.2, 0.25) is 0 Å². The van der Waals surface area contributed by atoms with Crippen molar-refractivity contribution >= 4 is 27.5 Å². The van der Waals surface area contributed by atoms with Crippen molar-refractivity contribution in [2.24, 2.45) is 0 Å². The number of carboxylic acids is 1. The summed E-state index contributed by atoms with van der Waals surface area (Å²) in [5, 5.41) is 22.0. The Hall–Kier alpha value is -2.81. The third-order valence-corrected chi connectivity index (χ3v) is 3.09. The lowest BCUT2D eigenvalue weighted by atomic mass is 10.0. The largest absolute Gasteiger partial charge is 0.507 e. The standard InChI is InChI=1S/C14H10O.C4H6O2/c15-14-7-3-6-12-8-10-4-1-2-5-11(10)9-13(12)14;1-3(2)4(5)6/h1-9,15H;1H2,2H3,(H,5,6). The lowest BCUT2D eigenvalue weighted by Crippen LogP contribution is -1.92. The smallest absolute Gasteiger partial charge is 0.330 e. The Morgan fingerprint density at radius 1 is 0.952 bits per heavy atom. The molecule has 0 aliphatic carbocycles. The molecular weight excluding hydrogens is 264 g/mol. The zero-order valence-electron chi connectivity index (χ0n) is 11.7. The summed E-state index contributed by atoms with van der Waals surface area (Å²) in [6.45, 7) is 4.60. The zero-order chi connectivity index (χ0) is 15.4. The summed E-state index contributed by atoms with van der Waals surface area (Å²) in [5.74, 6) is -0.590. The van der Waals surface area contributed by atoms with Crippen molar-refractivity contribution in [2.75, 3.05) is 0 Å². The number of hydrogen-bond donors (Lipinski definition) is 2. The Balaban J connectivity index is 0.000000232. The highest BCUT2D eigenvalue weighted by atomic mass is 16.4. The monoisotopic (exact) mass is 280 g/mol. The molecule has 3 aromatic carbocycles. The Morgan fingerprint density at radius 2 is 1.48 bits per heavy atom. The minimum absolute atomic E-state index is 0.176. The van der Waals surface area contributed by atoms with Gasteiger partial charge in [0.05, 0.1) is 0 Å². The molecule has 0 fully saturated rings. The minimum Gasteiger partial charge on any atom is -0.507 e. The summed E-state index contributed by atoms with van der Waals surface area (Å²) in [6.07, 6.45) is 0. The van der Waals surface area contributed by atoms with Crippen LogP contribution in [-0.2, 0) is 4.79 Å². The SMILES string of the molecule is C=C(C)C(=O)O.Oc1cccc2cc3ccccc3cc12. The molecule has 0 saturated carbocycles. The number of fused-ring (bicyclic) bond motifs is 2. The van der Waals surface area contributed by atoms with E-state index >= 15 is 0 Å². The van der Waals surface area contributed by atoms with Gasteiger partial charge in [-0.2, -0.15) is 0 Å². The Kier molecular flexibility index (Phi) is 4.24. The van der Waals surface area contributed by atoms with Gasteiger partial charge in [-0.15, -0.1) is 0 Å². The second-order valence-corrected chi connectivity index (χ2v) is 4.78. The van der Waals surface area contributed by atoms with E-state index in [4.69, 9.17) is 5.11 Å². The number of aromatic hydroxyl groups is 1. The molecule has 0 spiro atoms. The van der Waals surface area contributed by atoms with Gasteiger partial charge in [-0.3, -0.25) is 0 Å². The van der Waals surface area contributed by atoms with Crippen LogP contribution >= 0.6 is 0 Å². The average Bonchev–Trinajstić information content (AvgIpc) is 2.46. The normalized spacial score (nSPS) is 9.95. The summed E-state index contributed by atoms with van der Waals surface area (Å²) in [5.41, 5.74) is 0.176. The summed E-state index contributed by atoms with van der Waals surface area (Å²) < 4.78 is 0. The van der Waals surface area contributed by atoms with Gasteiger partial charge in [0.15, 0.2) is 0 Å². The third kappa shape index (κ3) is 3.39. The highest BCUT2D eigenvalue weighted by Crippen LogP contribution is 2.28. The molecule has 2 N–H and O–H groups in total. The summed E-state index contributed by atoms with van der Waals surface area (Å²) in [4.78, 5) is 9.60. The maximum atomic E-state index is 9.73. The average molecular weight is 280 g/mol. The molecular formula is C18H16O3. The molecule has 0 saturated heterocycles. The molecule has 0 atom stereocenters. The molecule has 106 valence electrons. The van der Waals surface area contributed by atoms with E-state index in [9.17, 15) is 9.90 Å². The molecule has 0 radical (unpaired) electrons. The molecule has 0 aliphatic heterocycles. The molecule has 3 rings (SSSR count). The van der Waals surface area contributed by atoms with E-state index < -0.39 is 5.97 Å². The van der Waals surface area contributed by atoms with E-state index in [0.29, 0.717) is 5.75 Å². The van der Waals surface area contributed by atoms with Crippen LogP contribution in [0.3, 0.4) is 0 Å². The van der Waals surface area contributed by atoms with Crippen molar-refractivity contribution in [3.8, 4) is 5.75 Å². The fraction of sp³-hybridized carbons (Fsp3) is 0.0556. The van der Waals surface area contributed by atoms with Crippen molar-refractivity contribution in [1.82, 2.24) is 0 Å². The number of aliphatic carboxylic acids is 1. The van der Waals surface area contributed by atoms with Crippen LogP contribution in [0.2, 0.25) is 0 Å². The van der Waals surface area contributed by atoms with Gasteiger partial charge in [0.1, 0.15) is 5.75 Å². The number of phenols is 1. The highest BCUT2D eigenvalue weighted by Gasteiger charge is 2.00. The maximum absolute atomic E-state index is 9.73. The second-order valence-electron chi connectivity index (χ2n) is 4.78. The van der Waals surface area contributed by atoms with Crippen molar-refractivity contribution < 1.29 is 15.0 Å². The van der Waals surface area contributed by atoms with Gasteiger partial charge in [-0.25, -0.2) is 4.79 Å². The molecule has 0 amide bonds. The van der Waals surface area contributed by atoms with Gasteiger partial charge in [0, 0.05) is 11.0 Å². The molecule has 0 heterocycles. The Morgan fingerprint density at radius 3 is 2.05 bits per heavy atom.